The third-order valence-electron chi connectivity index (χ3n) is 4.90. The first kappa shape index (κ1) is 17.3. The zero-order valence-electron chi connectivity index (χ0n) is 14.7. The largest absolute Gasteiger partial charge is 0.463 e. The number of hydrogen-bond acceptors (Lipinski definition) is 4. The molecule has 0 aliphatic carbocycles. The van der Waals surface area contributed by atoms with Crippen molar-refractivity contribution in [1.29, 1.82) is 0 Å². The van der Waals surface area contributed by atoms with Crippen LogP contribution in [0.25, 0.3) is 0 Å². The highest BCUT2D eigenvalue weighted by atomic mass is 16.5. The topological polar surface area (TPSA) is 58.6 Å². The standard InChI is InChI=1S/C17H30N2O3/c1-16(2,3)11-7-13(19(9-11)17(4,5)6)15(21)18-12-8-14(20)22-10-12/h11-13H,7-10H2,1-6H3,(H,18,21)/t11?,12-,13-/m0/s1. The number of rotatable bonds is 2. The molecule has 0 bridgehead atoms. The van der Waals surface area contributed by atoms with Crippen molar-refractivity contribution in [3.8, 4) is 0 Å². The van der Waals surface area contributed by atoms with E-state index in [1.165, 1.54) is 0 Å². The van der Waals surface area contributed by atoms with E-state index in [1.807, 2.05) is 0 Å². The first-order valence-electron chi connectivity index (χ1n) is 8.21. The molecule has 3 atom stereocenters. The van der Waals surface area contributed by atoms with Crippen molar-refractivity contribution < 1.29 is 14.3 Å². The smallest absolute Gasteiger partial charge is 0.308 e. The van der Waals surface area contributed by atoms with E-state index in [0.29, 0.717) is 12.5 Å². The van der Waals surface area contributed by atoms with Crippen LogP contribution in [0.4, 0.5) is 0 Å². The second-order valence-corrected chi connectivity index (χ2v) is 8.73. The summed E-state index contributed by atoms with van der Waals surface area (Å²) in [6.45, 7) is 14.4. The van der Waals surface area contributed by atoms with Crippen molar-refractivity contribution in [3.63, 3.8) is 0 Å². The van der Waals surface area contributed by atoms with Crippen LogP contribution < -0.4 is 5.32 Å². The van der Waals surface area contributed by atoms with Crippen LogP contribution in [0.1, 0.15) is 54.4 Å². The molecule has 1 unspecified atom stereocenters. The minimum atomic E-state index is -0.225. The Morgan fingerprint density at radius 2 is 1.86 bits per heavy atom. The Morgan fingerprint density at radius 1 is 1.23 bits per heavy atom. The lowest BCUT2D eigenvalue weighted by atomic mass is 9.79. The molecule has 5 nitrogen and oxygen atoms in total. The number of carbonyl (C=O) groups excluding carboxylic acids is 2. The Labute approximate surface area is 133 Å². The quantitative estimate of drug-likeness (QED) is 0.792. The summed E-state index contributed by atoms with van der Waals surface area (Å²) in [4.78, 5) is 26.2. The molecule has 5 heteroatoms. The second kappa shape index (κ2) is 5.84. The van der Waals surface area contributed by atoms with E-state index in [9.17, 15) is 9.59 Å². The van der Waals surface area contributed by atoms with Gasteiger partial charge in [0.05, 0.1) is 18.5 Å². The van der Waals surface area contributed by atoms with Gasteiger partial charge in [-0.15, -0.1) is 0 Å². The zero-order valence-corrected chi connectivity index (χ0v) is 14.7. The summed E-state index contributed by atoms with van der Waals surface area (Å²) in [5.74, 6) is 0.297. The highest BCUT2D eigenvalue weighted by molar-refractivity contribution is 5.83. The first-order chi connectivity index (χ1) is 9.98. The van der Waals surface area contributed by atoms with Crippen molar-refractivity contribution in [2.45, 2.75) is 72.0 Å². The van der Waals surface area contributed by atoms with E-state index in [4.69, 9.17) is 4.74 Å². The van der Waals surface area contributed by atoms with Crippen LogP contribution in [0.15, 0.2) is 0 Å². The van der Waals surface area contributed by atoms with Crippen LogP contribution in [-0.2, 0) is 14.3 Å². The maximum atomic E-state index is 12.7. The summed E-state index contributed by atoms with van der Waals surface area (Å²) in [7, 11) is 0. The number of carbonyl (C=O) groups is 2. The van der Waals surface area contributed by atoms with E-state index < -0.39 is 0 Å². The van der Waals surface area contributed by atoms with E-state index in [2.05, 4.69) is 51.8 Å². The molecule has 0 spiro atoms. The van der Waals surface area contributed by atoms with Gasteiger partial charge in [-0.1, -0.05) is 20.8 Å². The number of ether oxygens (including phenoxy) is 1. The zero-order chi connectivity index (χ0) is 16.7. The SMILES string of the molecule is CC(C)(C)C1C[C@@H](C(=O)N[C@@H]2COC(=O)C2)N(C(C)(C)C)C1. The molecule has 0 saturated carbocycles. The monoisotopic (exact) mass is 310 g/mol. The molecule has 126 valence electrons. The highest BCUT2D eigenvalue weighted by Crippen LogP contribution is 2.39. The molecular weight excluding hydrogens is 280 g/mol. The van der Waals surface area contributed by atoms with Gasteiger partial charge < -0.3 is 10.1 Å². The van der Waals surface area contributed by atoms with E-state index in [0.717, 1.165) is 13.0 Å². The van der Waals surface area contributed by atoms with Gasteiger partial charge >= 0.3 is 5.97 Å². The number of cyclic esters (lactones) is 1. The van der Waals surface area contributed by atoms with Crippen LogP contribution in [0, 0.1) is 11.3 Å². The van der Waals surface area contributed by atoms with Gasteiger partial charge in [0.1, 0.15) is 6.61 Å². The van der Waals surface area contributed by atoms with Crippen LogP contribution in [0.5, 0.6) is 0 Å². The predicted molar refractivity (Wildman–Crippen MR) is 85.3 cm³/mol. The maximum absolute atomic E-state index is 12.7. The Balaban J connectivity index is 2.08. The second-order valence-electron chi connectivity index (χ2n) is 8.73. The van der Waals surface area contributed by atoms with Gasteiger partial charge in [0.15, 0.2) is 0 Å². The lowest BCUT2D eigenvalue weighted by Gasteiger charge is -2.37. The molecule has 2 aliphatic heterocycles. The highest BCUT2D eigenvalue weighted by Gasteiger charge is 2.45. The maximum Gasteiger partial charge on any atom is 0.308 e. The van der Waals surface area contributed by atoms with Crippen molar-refractivity contribution in [3.05, 3.63) is 0 Å². The number of hydrogen-bond donors (Lipinski definition) is 1. The predicted octanol–water partition coefficient (Wildman–Crippen LogP) is 1.95. The molecule has 22 heavy (non-hydrogen) atoms. The summed E-state index contributed by atoms with van der Waals surface area (Å²) < 4.78 is 4.93. The fraction of sp³-hybridized carbons (Fsp3) is 0.882. The molecule has 0 aromatic heterocycles. The average Bonchev–Trinajstić information content (AvgIpc) is 2.93. The first-order valence-corrected chi connectivity index (χ1v) is 8.21. The normalized spacial score (nSPS) is 30.5. The number of nitrogens with one attached hydrogen (secondary N) is 1. The van der Waals surface area contributed by atoms with Crippen LogP contribution in [0.2, 0.25) is 0 Å². The van der Waals surface area contributed by atoms with Gasteiger partial charge in [-0.2, -0.15) is 0 Å². The Hall–Kier alpha value is -1.10. The van der Waals surface area contributed by atoms with Gasteiger partial charge in [-0.25, -0.2) is 0 Å². The number of esters is 1. The summed E-state index contributed by atoms with van der Waals surface area (Å²) in [6.07, 6.45) is 1.16. The Morgan fingerprint density at radius 3 is 2.32 bits per heavy atom. The summed E-state index contributed by atoms with van der Waals surface area (Å²) in [6, 6.07) is -0.296. The molecule has 0 aromatic rings. The Bertz CT molecular complexity index is 448. The fourth-order valence-electron chi connectivity index (χ4n) is 3.36. The molecule has 1 amide bonds. The van der Waals surface area contributed by atoms with Crippen LogP contribution >= 0.6 is 0 Å². The van der Waals surface area contributed by atoms with Crippen molar-refractivity contribution in [1.82, 2.24) is 10.2 Å². The van der Waals surface area contributed by atoms with Crippen molar-refractivity contribution in [2.75, 3.05) is 13.2 Å². The van der Waals surface area contributed by atoms with Gasteiger partial charge in [0.2, 0.25) is 5.91 Å². The third kappa shape index (κ3) is 3.80. The van der Waals surface area contributed by atoms with Gasteiger partial charge in [0, 0.05) is 12.1 Å². The third-order valence-corrected chi connectivity index (χ3v) is 4.90. The summed E-state index contributed by atoms with van der Waals surface area (Å²) >= 11 is 0. The van der Waals surface area contributed by atoms with Crippen LogP contribution in [-0.4, -0.2) is 47.6 Å². The number of amides is 1. The lowest BCUT2D eigenvalue weighted by molar-refractivity contribution is -0.138. The van der Waals surface area contributed by atoms with Gasteiger partial charge in [-0.05, 0) is 38.5 Å². The van der Waals surface area contributed by atoms with E-state index in [-0.39, 0.29) is 41.3 Å². The fourth-order valence-corrected chi connectivity index (χ4v) is 3.36. The molecule has 0 aromatic carbocycles. The molecule has 2 heterocycles. The van der Waals surface area contributed by atoms with Crippen LogP contribution in [0.3, 0.4) is 0 Å². The van der Waals surface area contributed by atoms with E-state index in [1.54, 1.807) is 0 Å². The summed E-state index contributed by atoms with van der Waals surface area (Å²) in [5.41, 5.74) is 0.134. The molecule has 2 rings (SSSR count). The van der Waals surface area contributed by atoms with Crippen molar-refractivity contribution >= 4 is 11.9 Å². The molecule has 2 fully saturated rings. The average molecular weight is 310 g/mol. The summed E-state index contributed by atoms with van der Waals surface area (Å²) in [5, 5.41) is 3.00. The minimum Gasteiger partial charge on any atom is -0.463 e. The number of likely N-dealkylation sites (tertiary alicyclic amines) is 1. The Kier molecular flexibility index (Phi) is 4.58. The molecule has 0 radical (unpaired) electrons. The minimum absolute atomic E-state index is 0.0324. The molecule has 2 saturated heterocycles. The van der Waals surface area contributed by atoms with Gasteiger partial charge in [0.25, 0.3) is 0 Å². The van der Waals surface area contributed by atoms with Gasteiger partial charge in [-0.3, -0.25) is 14.5 Å². The molecule has 2 aliphatic rings. The lowest BCUT2D eigenvalue weighted by Crippen LogP contribution is -2.53. The molecular formula is C17H30N2O3. The number of nitrogens with zero attached hydrogens (tertiary/aromatic N) is 1. The van der Waals surface area contributed by atoms with Crippen molar-refractivity contribution in [2.24, 2.45) is 11.3 Å². The van der Waals surface area contributed by atoms with E-state index >= 15 is 0 Å². The molecule has 1 N–H and O–H groups in total.